The summed E-state index contributed by atoms with van der Waals surface area (Å²) in [6, 6.07) is 20.8. The van der Waals surface area contributed by atoms with Crippen LogP contribution in [0.15, 0.2) is 98.9 Å². The fourth-order valence-corrected chi connectivity index (χ4v) is 6.77. The Morgan fingerprint density at radius 3 is 2.41 bits per heavy atom. The lowest BCUT2D eigenvalue weighted by Gasteiger charge is -2.28. The number of rotatable bonds is 11. The molecule has 0 unspecified atom stereocenters. The predicted octanol–water partition coefficient (Wildman–Crippen LogP) is 7.57. The number of esters is 1. The summed E-state index contributed by atoms with van der Waals surface area (Å²) in [6.45, 7) is 3.73. The molecule has 0 radical (unpaired) electrons. The van der Waals surface area contributed by atoms with Gasteiger partial charge in [-0.15, -0.1) is 0 Å². The summed E-state index contributed by atoms with van der Waals surface area (Å²) in [6.07, 6.45) is 1.51. The van der Waals surface area contributed by atoms with Gasteiger partial charge in [0.25, 0.3) is 15.9 Å². The normalized spacial score (nSPS) is 11.5. The monoisotopic (exact) mass is 654 g/mol. The smallest absolute Gasteiger partial charge is 0.374 e. The van der Waals surface area contributed by atoms with Gasteiger partial charge in [-0.3, -0.25) is 9.10 Å². The lowest BCUT2D eigenvalue weighted by molar-refractivity contribution is 0.0492. The predicted molar refractivity (Wildman–Crippen MR) is 168 cm³/mol. The summed E-state index contributed by atoms with van der Waals surface area (Å²) < 4.78 is 45.5. The van der Waals surface area contributed by atoms with Crippen LogP contribution in [0.3, 0.4) is 0 Å². The number of carbonyl (C=O) groups excluding carboxylic acids is 2. The van der Waals surface area contributed by atoms with Gasteiger partial charge in [0.05, 0.1) is 40.6 Å². The van der Waals surface area contributed by atoms with Gasteiger partial charge in [-0.05, 0) is 86.1 Å². The van der Waals surface area contributed by atoms with Crippen molar-refractivity contribution < 1.29 is 31.6 Å². The average Bonchev–Trinajstić information content (AvgIpc) is 3.68. The Balaban J connectivity index is 1.53. The third kappa shape index (κ3) is 6.47. The maximum Gasteiger partial charge on any atom is 0.374 e. The number of sulfonamides is 1. The van der Waals surface area contributed by atoms with Crippen LogP contribution in [0.5, 0.6) is 0 Å². The van der Waals surface area contributed by atoms with Crippen LogP contribution in [0.1, 0.15) is 46.1 Å². The fourth-order valence-electron chi connectivity index (χ4n) is 4.81. The van der Waals surface area contributed by atoms with Crippen molar-refractivity contribution in [1.29, 1.82) is 0 Å². The lowest BCUT2D eigenvalue weighted by Crippen LogP contribution is -2.34. The van der Waals surface area contributed by atoms with Crippen molar-refractivity contribution in [1.82, 2.24) is 4.90 Å². The first-order valence-corrected chi connectivity index (χ1v) is 15.9. The van der Waals surface area contributed by atoms with Crippen LogP contribution in [0.2, 0.25) is 10.0 Å². The molecule has 44 heavy (non-hydrogen) atoms. The topological polar surface area (TPSA) is 110 Å². The first-order valence-electron chi connectivity index (χ1n) is 13.7. The maximum atomic E-state index is 14.1. The van der Waals surface area contributed by atoms with E-state index in [1.807, 2.05) is 0 Å². The van der Waals surface area contributed by atoms with Gasteiger partial charge in [0, 0.05) is 23.5 Å². The fraction of sp³-hybridized carbons (Fsp3) is 0.188. The minimum absolute atomic E-state index is 0.00364. The number of hydrogen-bond acceptors (Lipinski definition) is 7. The minimum atomic E-state index is -4.13. The molecule has 9 nitrogen and oxygen atoms in total. The second kappa shape index (κ2) is 13.2. The Bertz CT molecular complexity index is 1920. The minimum Gasteiger partial charge on any atom is -0.467 e. The number of carbonyl (C=O) groups is 2. The summed E-state index contributed by atoms with van der Waals surface area (Å²) >= 11 is 12.8. The van der Waals surface area contributed by atoms with Gasteiger partial charge < -0.3 is 18.5 Å². The molecule has 0 spiro atoms. The van der Waals surface area contributed by atoms with Crippen LogP contribution in [0.4, 0.5) is 5.69 Å². The van der Waals surface area contributed by atoms with Crippen molar-refractivity contribution in [3.05, 3.63) is 118 Å². The quantitative estimate of drug-likeness (QED) is 0.135. The van der Waals surface area contributed by atoms with Gasteiger partial charge in [-0.25, -0.2) is 13.2 Å². The van der Waals surface area contributed by atoms with E-state index in [4.69, 9.17) is 36.8 Å². The van der Waals surface area contributed by atoms with Crippen LogP contribution >= 0.6 is 23.2 Å². The van der Waals surface area contributed by atoms with E-state index in [9.17, 15) is 18.0 Å². The highest BCUT2D eigenvalue weighted by Gasteiger charge is 2.29. The van der Waals surface area contributed by atoms with Gasteiger partial charge in [0.15, 0.2) is 0 Å². The number of benzene rings is 3. The molecule has 2 aromatic heterocycles. The highest BCUT2D eigenvalue weighted by molar-refractivity contribution is 7.92. The van der Waals surface area contributed by atoms with E-state index in [0.717, 1.165) is 0 Å². The van der Waals surface area contributed by atoms with Crippen molar-refractivity contribution in [2.24, 2.45) is 0 Å². The first kappa shape index (κ1) is 31.2. The molecule has 228 valence electrons. The van der Waals surface area contributed by atoms with Crippen molar-refractivity contribution in [3.63, 3.8) is 0 Å². The molecule has 1 amide bonds. The summed E-state index contributed by atoms with van der Waals surface area (Å²) in [7, 11) is -4.13. The third-order valence-electron chi connectivity index (χ3n) is 6.83. The molecule has 2 heterocycles. The number of halogens is 2. The maximum absolute atomic E-state index is 14.1. The third-order valence-corrected chi connectivity index (χ3v) is 9.28. The molecular weight excluding hydrogens is 627 g/mol. The molecule has 0 saturated heterocycles. The van der Waals surface area contributed by atoms with Crippen molar-refractivity contribution in [2.75, 3.05) is 17.5 Å². The zero-order chi connectivity index (χ0) is 31.4. The Labute approximate surface area is 264 Å². The highest BCUT2D eigenvalue weighted by Crippen LogP contribution is 2.33. The Morgan fingerprint density at radius 1 is 0.909 bits per heavy atom. The van der Waals surface area contributed by atoms with Gasteiger partial charge in [-0.2, -0.15) is 0 Å². The van der Waals surface area contributed by atoms with Crippen LogP contribution in [0.25, 0.3) is 11.0 Å². The van der Waals surface area contributed by atoms with Gasteiger partial charge in [0.1, 0.15) is 11.3 Å². The molecule has 0 atom stereocenters. The Kier molecular flexibility index (Phi) is 9.33. The molecule has 0 aliphatic carbocycles. The molecule has 5 aromatic rings. The van der Waals surface area contributed by atoms with E-state index in [1.165, 1.54) is 39.7 Å². The first-order chi connectivity index (χ1) is 21.1. The summed E-state index contributed by atoms with van der Waals surface area (Å²) in [5, 5.41) is 1.08. The van der Waals surface area contributed by atoms with E-state index >= 15 is 0 Å². The molecule has 5 rings (SSSR count). The standard InChI is InChI=1S/C32H28Cl2N2O7S/c1-3-36(44(39,40)25-12-14-29-21(17-25)18-30(43-29)32(38)41-4-2)28-13-11-23(33)16-22(28)19-35(20-24-8-7-15-42-24)31(37)26-9-5-6-10-27(26)34/h5-18H,3-4,19-20H2,1-2H3. The molecule has 12 heteroatoms. The molecular formula is C32H28Cl2N2O7S. The SMILES string of the molecule is CCOC(=O)c1cc2cc(S(=O)(=O)N(CC)c3ccc(Cl)cc3CN(Cc3ccco3)C(=O)c3ccccc3Cl)ccc2o1. The van der Waals surface area contributed by atoms with E-state index in [-0.39, 0.29) is 47.8 Å². The number of fused-ring (bicyclic) bond motifs is 1. The van der Waals surface area contributed by atoms with Crippen LogP contribution in [-0.2, 0) is 27.8 Å². The molecule has 0 bridgehead atoms. The number of anilines is 1. The van der Waals surface area contributed by atoms with Crippen molar-refractivity contribution in [2.45, 2.75) is 31.8 Å². The van der Waals surface area contributed by atoms with Gasteiger partial charge in [0.2, 0.25) is 5.76 Å². The number of ether oxygens (including phenoxy) is 1. The average molecular weight is 656 g/mol. The van der Waals surface area contributed by atoms with Gasteiger partial charge in [-0.1, -0.05) is 35.3 Å². The largest absolute Gasteiger partial charge is 0.467 e. The zero-order valence-electron chi connectivity index (χ0n) is 23.8. The summed E-state index contributed by atoms with van der Waals surface area (Å²) in [4.78, 5) is 27.4. The molecule has 0 fully saturated rings. The second-order valence-electron chi connectivity index (χ2n) is 9.69. The zero-order valence-corrected chi connectivity index (χ0v) is 26.2. The number of amides is 1. The second-order valence-corrected chi connectivity index (χ2v) is 12.4. The van der Waals surface area contributed by atoms with Gasteiger partial charge >= 0.3 is 5.97 Å². The molecule has 3 aromatic carbocycles. The van der Waals surface area contributed by atoms with E-state index in [2.05, 4.69) is 0 Å². The summed E-state index contributed by atoms with van der Waals surface area (Å²) in [5.74, 6) is -0.501. The van der Waals surface area contributed by atoms with Crippen molar-refractivity contribution in [3.8, 4) is 0 Å². The van der Waals surface area contributed by atoms with Crippen LogP contribution in [0, 0.1) is 0 Å². The number of hydrogen-bond donors (Lipinski definition) is 0. The molecule has 0 aliphatic heterocycles. The molecule has 0 aliphatic rings. The van der Waals surface area contributed by atoms with E-state index in [1.54, 1.807) is 68.4 Å². The Morgan fingerprint density at radius 2 is 1.70 bits per heavy atom. The van der Waals surface area contributed by atoms with Crippen LogP contribution < -0.4 is 4.31 Å². The van der Waals surface area contributed by atoms with E-state index in [0.29, 0.717) is 38.6 Å². The number of furan rings is 2. The molecule has 0 N–H and O–H groups in total. The number of nitrogens with zero attached hydrogens (tertiary/aromatic N) is 2. The van der Waals surface area contributed by atoms with Crippen molar-refractivity contribution >= 4 is 61.8 Å². The Hall–Kier alpha value is -4.25. The lowest BCUT2D eigenvalue weighted by atomic mass is 10.1. The van der Waals surface area contributed by atoms with Crippen LogP contribution in [-0.4, -0.2) is 38.3 Å². The highest BCUT2D eigenvalue weighted by atomic mass is 35.5. The van der Waals surface area contributed by atoms with E-state index < -0.39 is 16.0 Å². The summed E-state index contributed by atoms with van der Waals surface area (Å²) in [5.41, 5.74) is 1.46. The molecule has 0 saturated carbocycles.